The van der Waals surface area contributed by atoms with Gasteiger partial charge in [0.2, 0.25) is 23.5 Å². The van der Waals surface area contributed by atoms with E-state index in [1.165, 1.54) is 24.1 Å². The number of aromatic nitrogens is 2. The number of nitrogens with zero attached hydrogens (tertiary/aromatic N) is 4. The Morgan fingerprint density at radius 1 is 0.884 bits per heavy atom. The summed E-state index contributed by atoms with van der Waals surface area (Å²) >= 11 is 0. The molecule has 0 saturated carbocycles. The highest BCUT2D eigenvalue weighted by molar-refractivity contribution is 6.02. The fourth-order valence-electron chi connectivity index (χ4n) is 5.24. The highest BCUT2D eigenvalue weighted by atomic mass is 16.5. The van der Waals surface area contributed by atoms with Gasteiger partial charge in [-0.1, -0.05) is 17.3 Å². The molecule has 2 aliphatic rings. The highest BCUT2D eigenvalue weighted by Crippen LogP contribution is 2.28. The Morgan fingerprint density at radius 2 is 1.58 bits per heavy atom. The first-order chi connectivity index (χ1) is 20.9. The first-order valence-corrected chi connectivity index (χ1v) is 13.8. The molecule has 2 aliphatic heterocycles. The van der Waals surface area contributed by atoms with Crippen LogP contribution in [-0.2, 0) is 14.4 Å². The van der Waals surface area contributed by atoms with Gasteiger partial charge in [0, 0.05) is 48.6 Å². The van der Waals surface area contributed by atoms with Gasteiger partial charge in [-0.3, -0.25) is 19.2 Å². The van der Waals surface area contributed by atoms with Crippen molar-refractivity contribution in [1.29, 1.82) is 0 Å². The van der Waals surface area contributed by atoms with Crippen molar-refractivity contribution in [3.05, 3.63) is 84.9 Å². The van der Waals surface area contributed by atoms with Crippen molar-refractivity contribution in [1.82, 2.24) is 19.9 Å². The zero-order chi connectivity index (χ0) is 29.9. The summed E-state index contributed by atoms with van der Waals surface area (Å²) in [6, 6.07) is 14.5. The summed E-state index contributed by atoms with van der Waals surface area (Å²) in [5.41, 5.74) is 2.66. The molecule has 0 spiro atoms. The van der Waals surface area contributed by atoms with E-state index >= 15 is 0 Å². The number of carbonyl (C=O) groups excluding carboxylic acids is 4. The van der Waals surface area contributed by atoms with E-state index in [9.17, 15) is 19.2 Å². The average molecular weight is 581 g/mol. The summed E-state index contributed by atoms with van der Waals surface area (Å²) in [6.45, 7) is 2.37. The molecule has 2 N–H and O–H groups in total. The number of carbonyl (C=O) groups is 4. The fourth-order valence-corrected chi connectivity index (χ4v) is 5.24. The number of oxazole rings is 1. The number of rotatable bonds is 7. The van der Waals surface area contributed by atoms with Gasteiger partial charge in [0.25, 0.3) is 11.8 Å². The summed E-state index contributed by atoms with van der Waals surface area (Å²) in [7, 11) is 0. The SMILES string of the molecule is CC(=O)N1CCC[C@H]1C(=O)Nc1ccc(-c2cnc(-c3ccc(NC(=O)C4C=CCN4C(=O)c4ccno4)cc3)o2)cc1. The monoisotopic (exact) mass is 580 g/mol. The predicted octanol–water partition coefficient (Wildman–Crippen LogP) is 3.97. The maximum Gasteiger partial charge on any atom is 0.293 e. The molecule has 0 bridgehead atoms. The van der Waals surface area contributed by atoms with Crippen molar-refractivity contribution >= 4 is 35.0 Å². The van der Waals surface area contributed by atoms with E-state index < -0.39 is 18.0 Å². The van der Waals surface area contributed by atoms with Crippen LogP contribution >= 0.6 is 0 Å². The second-order valence-electron chi connectivity index (χ2n) is 10.2. The number of nitrogens with one attached hydrogen (secondary N) is 2. The van der Waals surface area contributed by atoms with Gasteiger partial charge in [0.1, 0.15) is 12.1 Å². The topological polar surface area (TPSA) is 151 Å². The van der Waals surface area contributed by atoms with Crippen LogP contribution in [-0.4, -0.2) is 68.7 Å². The van der Waals surface area contributed by atoms with Crippen molar-refractivity contribution in [3.63, 3.8) is 0 Å². The molecule has 4 heterocycles. The lowest BCUT2D eigenvalue weighted by atomic mass is 10.1. The van der Waals surface area contributed by atoms with Gasteiger partial charge in [-0.25, -0.2) is 4.98 Å². The van der Waals surface area contributed by atoms with Crippen LogP contribution in [0.4, 0.5) is 11.4 Å². The van der Waals surface area contributed by atoms with Crippen molar-refractivity contribution in [3.8, 4) is 22.8 Å². The molecule has 0 aliphatic carbocycles. The van der Waals surface area contributed by atoms with Gasteiger partial charge in [-0.05, 0) is 61.4 Å². The van der Waals surface area contributed by atoms with E-state index in [-0.39, 0.29) is 23.5 Å². The Hall–Kier alpha value is -5.52. The van der Waals surface area contributed by atoms with Gasteiger partial charge in [0.15, 0.2) is 5.76 Å². The normalized spacial score (nSPS) is 17.7. The Balaban J connectivity index is 1.06. The standard InChI is InChI=1S/C31H28N6O6/c1-19(38)36-16-2-4-24(36)28(39)34-22-10-6-20(7-11-22)27-18-32-30(42-27)21-8-12-23(13-9-21)35-29(40)25-5-3-17-37(25)31(41)26-14-15-33-43-26/h3,5-15,18,24-25H,2,4,16-17H2,1H3,(H,34,39)(H,35,40)/t24-,25?/m0/s1. The number of hydrogen-bond acceptors (Lipinski definition) is 8. The lowest BCUT2D eigenvalue weighted by molar-refractivity contribution is -0.134. The maximum atomic E-state index is 12.9. The third-order valence-corrected chi connectivity index (χ3v) is 7.44. The molecular weight excluding hydrogens is 552 g/mol. The van der Waals surface area contributed by atoms with E-state index in [1.54, 1.807) is 59.6 Å². The Morgan fingerprint density at radius 3 is 2.26 bits per heavy atom. The van der Waals surface area contributed by atoms with Crippen molar-refractivity contribution in [2.24, 2.45) is 0 Å². The molecule has 1 fully saturated rings. The molecule has 12 heteroatoms. The van der Waals surface area contributed by atoms with E-state index in [4.69, 9.17) is 8.94 Å². The zero-order valence-corrected chi connectivity index (χ0v) is 23.2. The summed E-state index contributed by atoms with van der Waals surface area (Å²) < 4.78 is 10.9. The van der Waals surface area contributed by atoms with E-state index in [0.717, 1.165) is 12.0 Å². The smallest absolute Gasteiger partial charge is 0.293 e. The van der Waals surface area contributed by atoms with Gasteiger partial charge < -0.3 is 29.4 Å². The minimum atomic E-state index is -0.774. The molecule has 2 atom stereocenters. The van der Waals surface area contributed by atoms with Gasteiger partial charge in [0.05, 0.1) is 12.4 Å². The summed E-state index contributed by atoms with van der Waals surface area (Å²) in [5, 5.41) is 9.28. The molecule has 2 aromatic carbocycles. The Kier molecular flexibility index (Phi) is 7.56. The molecule has 12 nitrogen and oxygen atoms in total. The lowest BCUT2D eigenvalue weighted by Crippen LogP contribution is -2.43. The molecule has 1 unspecified atom stereocenters. The lowest BCUT2D eigenvalue weighted by Gasteiger charge is -2.22. The second-order valence-corrected chi connectivity index (χ2v) is 10.2. The number of benzene rings is 2. The van der Waals surface area contributed by atoms with Crippen LogP contribution in [0, 0.1) is 0 Å². The summed E-state index contributed by atoms with van der Waals surface area (Å²) in [4.78, 5) is 57.5. The summed E-state index contributed by atoms with van der Waals surface area (Å²) in [5.74, 6) is -0.0423. The van der Waals surface area contributed by atoms with Crippen LogP contribution in [0.25, 0.3) is 22.8 Å². The van der Waals surface area contributed by atoms with E-state index in [1.807, 2.05) is 12.1 Å². The second kappa shape index (κ2) is 11.8. The Labute approximate surface area is 246 Å². The number of amides is 4. The molecule has 4 aromatic rings. The largest absolute Gasteiger partial charge is 0.436 e. The van der Waals surface area contributed by atoms with Crippen molar-refractivity contribution < 1.29 is 28.1 Å². The number of likely N-dealkylation sites (tertiary alicyclic amines) is 1. The minimum Gasteiger partial charge on any atom is -0.436 e. The van der Waals surface area contributed by atoms with Crippen LogP contribution in [0.5, 0.6) is 0 Å². The first-order valence-electron chi connectivity index (χ1n) is 13.8. The van der Waals surface area contributed by atoms with Crippen LogP contribution < -0.4 is 10.6 Å². The molecular formula is C31H28N6O6. The molecule has 43 heavy (non-hydrogen) atoms. The highest BCUT2D eigenvalue weighted by Gasteiger charge is 2.33. The molecule has 4 amide bonds. The molecule has 6 rings (SSSR count). The number of anilines is 2. The number of hydrogen-bond donors (Lipinski definition) is 2. The summed E-state index contributed by atoms with van der Waals surface area (Å²) in [6.07, 6.45) is 7.89. The predicted molar refractivity (Wildman–Crippen MR) is 156 cm³/mol. The maximum absolute atomic E-state index is 12.9. The van der Waals surface area contributed by atoms with Crippen molar-refractivity contribution in [2.75, 3.05) is 23.7 Å². The molecule has 0 radical (unpaired) electrons. The van der Waals surface area contributed by atoms with Crippen LogP contribution in [0.2, 0.25) is 0 Å². The molecule has 2 aromatic heterocycles. The quantitative estimate of drug-likeness (QED) is 0.312. The van der Waals surface area contributed by atoms with Crippen LogP contribution in [0.1, 0.15) is 30.3 Å². The van der Waals surface area contributed by atoms with Crippen molar-refractivity contribution in [2.45, 2.75) is 31.8 Å². The molecule has 218 valence electrons. The van der Waals surface area contributed by atoms with E-state index in [0.29, 0.717) is 48.1 Å². The minimum absolute atomic E-state index is 0.0698. The fraction of sp³-hybridized carbons (Fsp3) is 0.226. The third-order valence-electron chi connectivity index (χ3n) is 7.44. The van der Waals surface area contributed by atoms with E-state index in [2.05, 4.69) is 20.8 Å². The molecule has 1 saturated heterocycles. The van der Waals surface area contributed by atoms with Gasteiger partial charge >= 0.3 is 0 Å². The van der Waals surface area contributed by atoms with Crippen LogP contribution in [0.3, 0.4) is 0 Å². The van der Waals surface area contributed by atoms with Gasteiger partial charge in [-0.2, -0.15) is 0 Å². The third kappa shape index (κ3) is 5.80. The van der Waals surface area contributed by atoms with Crippen LogP contribution in [0.15, 0.2) is 88.1 Å². The van der Waals surface area contributed by atoms with Gasteiger partial charge in [-0.15, -0.1) is 0 Å². The zero-order valence-electron chi connectivity index (χ0n) is 23.2. The first kappa shape index (κ1) is 27.6. The average Bonchev–Trinajstić information content (AvgIpc) is 3.84. The Bertz CT molecular complexity index is 1680.